The van der Waals surface area contributed by atoms with Crippen LogP contribution in [0.5, 0.6) is 0 Å². The molecule has 0 radical (unpaired) electrons. The maximum absolute atomic E-state index is 9.47. The first kappa shape index (κ1) is 14.4. The summed E-state index contributed by atoms with van der Waals surface area (Å²) in [4.78, 5) is 2.46. The van der Waals surface area contributed by atoms with Crippen LogP contribution in [-0.2, 0) is 6.42 Å². The first-order valence-corrected chi connectivity index (χ1v) is 7.33. The fraction of sp³-hybridized carbons (Fsp3) is 0.625. The number of hydrogen-bond donors (Lipinski definition) is 2. The molecule has 0 saturated carbocycles. The predicted molar refractivity (Wildman–Crippen MR) is 80.8 cm³/mol. The summed E-state index contributed by atoms with van der Waals surface area (Å²) >= 11 is 0. The van der Waals surface area contributed by atoms with Crippen molar-refractivity contribution < 1.29 is 5.11 Å². The van der Waals surface area contributed by atoms with E-state index in [1.54, 1.807) is 0 Å². The number of nitrogens with zero attached hydrogens (tertiary/aromatic N) is 1. The van der Waals surface area contributed by atoms with Gasteiger partial charge in [0.2, 0.25) is 0 Å². The maximum atomic E-state index is 9.47. The van der Waals surface area contributed by atoms with Crippen molar-refractivity contribution in [1.29, 1.82) is 0 Å². The highest BCUT2D eigenvalue weighted by Crippen LogP contribution is 2.27. The molecular weight excluding hydrogens is 236 g/mol. The van der Waals surface area contributed by atoms with Gasteiger partial charge in [-0.15, -0.1) is 0 Å². The molecule has 0 spiro atoms. The topological polar surface area (TPSA) is 35.5 Å². The average Bonchev–Trinajstić information content (AvgIpc) is 2.59. The van der Waals surface area contributed by atoms with E-state index < -0.39 is 0 Å². The van der Waals surface area contributed by atoms with Gasteiger partial charge in [0.1, 0.15) is 0 Å². The van der Waals surface area contributed by atoms with Crippen LogP contribution in [0.1, 0.15) is 25.0 Å². The molecule has 3 heteroatoms. The third kappa shape index (κ3) is 3.28. The van der Waals surface area contributed by atoms with Crippen molar-refractivity contribution in [2.45, 2.75) is 33.2 Å². The molecule has 0 amide bonds. The molecule has 19 heavy (non-hydrogen) atoms. The minimum absolute atomic E-state index is 0.175. The number of aliphatic hydroxyl groups is 1. The Morgan fingerprint density at radius 3 is 2.84 bits per heavy atom. The number of nitrogens with one attached hydrogen (secondary N) is 1. The van der Waals surface area contributed by atoms with Crippen molar-refractivity contribution >= 4 is 5.69 Å². The van der Waals surface area contributed by atoms with E-state index in [-0.39, 0.29) is 12.6 Å². The van der Waals surface area contributed by atoms with Crippen LogP contribution in [0, 0.1) is 12.8 Å². The van der Waals surface area contributed by atoms with E-state index in [1.807, 2.05) is 0 Å². The summed E-state index contributed by atoms with van der Waals surface area (Å²) in [6.07, 6.45) is 1.05. The van der Waals surface area contributed by atoms with Crippen LogP contribution >= 0.6 is 0 Å². The highest BCUT2D eigenvalue weighted by atomic mass is 16.3. The number of rotatable bonds is 3. The monoisotopic (exact) mass is 262 g/mol. The molecule has 2 unspecified atom stereocenters. The molecule has 0 aliphatic carbocycles. The molecule has 0 aromatic heterocycles. The van der Waals surface area contributed by atoms with Gasteiger partial charge < -0.3 is 15.3 Å². The van der Waals surface area contributed by atoms with E-state index in [0.29, 0.717) is 5.92 Å². The van der Waals surface area contributed by atoms with Crippen LogP contribution in [0.4, 0.5) is 5.69 Å². The van der Waals surface area contributed by atoms with E-state index in [4.69, 9.17) is 0 Å². The second kappa shape index (κ2) is 6.40. The Bertz CT molecular complexity index is 419. The number of aliphatic hydroxyl groups excluding tert-OH is 1. The van der Waals surface area contributed by atoms with Crippen molar-refractivity contribution in [2.75, 3.05) is 31.1 Å². The molecule has 1 aromatic carbocycles. The van der Waals surface area contributed by atoms with Crippen LogP contribution in [0.2, 0.25) is 0 Å². The van der Waals surface area contributed by atoms with Crippen LogP contribution in [0.15, 0.2) is 18.2 Å². The van der Waals surface area contributed by atoms with E-state index in [0.717, 1.165) is 26.1 Å². The van der Waals surface area contributed by atoms with Gasteiger partial charge in [-0.1, -0.05) is 32.0 Å². The Morgan fingerprint density at radius 1 is 1.37 bits per heavy atom. The van der Waals surface area contributed by atoms with Gasteiger partial charge in [-0.05, 0) is 36.9 Å². The van der Waals surface area contributed by atoms with Crippen molar-refractivity contribution in [2.24, 2.45) is 5.92 Å². The highest BCUT2D eigenvalue weighted by Gasteiger charge is 2.23. The summed E-state index contributed by atoms with van der Waals surface area (Å²) in [5.74, 6) is 0.598. The molecule has 2 atom stereocenters. The number of hydrogen-bond acceptors (Lipinski definition) is 3. The van der Waals surface area contributed by atoms with Gasteiger partial charge in [0.15, 0.2) is 0 Å². The lowest BCUT2D eigenvalue weighted by Crippen LogP contribution is -2.40. The van der Waals surface area contributed by atoms with Crippen LogP contribution in [-0.4, -0.2) is 37.4 Å². The highest BCUT2D eigenvalue weighted by molar-refractivity contribution is 5.59. The molecule has 1 heterocycles. The lowest BCUT2D eigenvalue weighted by molar-refractivity contribution is 0.247. The Hall–Kier alpha value is -1.06. The molecule has 0 bridgehead atoms. The van der Waals surface area contributed by atoms with Crippen molar-refractivity contribution in [3.8, 4) is 0 Å². The lowest BCUT2D eigenvalue weighted by atomic mass is 10.0. The van der Waals surface area contributed by atoms with E-state index in [2.05, 4.69) is 49.2 Å². The third-order valence-corrected chi connectivity index (χ3v) is 3.97. The Balaban J connectivity index is 2.32. The molecule has 1 aliphatic heterocycles. The number of para-hydroxylation sites is 1. The largest absolute Gasteiger partial charge is 0.395 e. The van der Waals surface area contributed by atoms with E-state index >= 15 is 0 Å². The first-order valence-electron chi connectivity index (χ1n) is 7.33. The molecule has 2 rings (SSSR count). The zero-order valence-electron chi connectivity index (χ0n) is 12.3. The predicted octanol–water partition coefficient (Wildman–Crippen LogP) is 1.96. The third-order valence-electron chi connectivity index (χ3n) is 3.97. The van der Waals surface area contributed by atoms with Crippen LogP contribution in [0.25, 0.3) is 0 Å². The summed E-state index contributed by atoms with van der Waals surface area (Å²) in [5.41, 5.74) is 4.12. The summed E-state index contributed by atoms with van der Waals surface area (Å²) in [7, 11) is 0. The zero-order chi connectivity index (χ0) is 13.8. The standard InChI is InChI=1S/C16H26N2O/c1-4-14-7-5-6-13(3)16(14)18-9-12(2)8-17-15(10-18)11-19/h5-7,12,15,17,19H,4,8-11H2,1-3H3. The smallest absolute Gasteiger partial charge is 0.0601 e. The first-order chi connectivity index (χ1) is 9.15. The minimum atomic E-state index is 0.175. The summed E-state index contributed by atoms with van der Waals surface area (Å²) in [6.45, 7) is 9.79. The average molecular weight is 262 g/mol. The van der Waals surface area contributed by atoms with Gasteiger partial charge in [-0.25, -0.2) is 0 Å². The summed E-state index contributed by atoms with van der Waals surface area (Å²) in [6, 6.07) is 6.72. The molecule has 1 aromatic rings. The van der Waals surface area contributed by atoms with E-state index in [1.165, 1.54) is 16.8 Å². The lowest BCUT2D eigenvalue weighted by Gasteiger charge is -2.30. The summed E-state index contributed by atoms with van der Waals surface area (Å²) in [5, 5.41) is 12.9. The summed E-state index contributed by atoms with van der Waals surface area (Å²) < 4.78 is 0. The fourth-order valence-corrected chi connectivity index (χ4v) is 2.98. The quantitative estimate of drug-likeness (QED) is 0.874. The van der Waals surface area contributed by atoms with Crippen molar-refractivity contribution in [1.82, 2.24) is 5.32 Å². The van der Waals surface area contributed by atoms with Crippen molar-refractivity contribution in [3.63, 3.8) is 0 Å². The van der Waals surface area contributed by atoms with Gasteiger partial charge in [0.25, 0.3) is 0 Å². The van der Waals surface area contributed by atoms with Gasteiger partial charge in [0.05, 0.1) is 6.61 Å². The normalized spacial score (nSPS) is 24.3. The van der Waals surface area contributed by atoms with Gasteiger partial charge in [0, 0.05) is 24.8 Å². The Morgan fingerprint density at radius 2 is 2.16 bits per heavy atom. The molecule has 2 N–H and O–H groups in total. The van der Waals surface area contributed by atoms with E-state index in [9.17, 15) is 5.11 Å². The second-order valence-electron chi connectivity index (χ2n) is 5.73. The van der Waals surface area contributed by atoms with Gasteiger partial charge in [-0.2, -0.15) is 0 Å². The number of anilines is 1. The molecule has 1 saturated heterocycles. The Labute approximate surface area is 116 Å². The molecule has 1 fully saturated rings. The maximum Gasteiger partial charge on any atom is 0.0601 e. The fourth-order valence-electron chi connectivity index (χ4n) is 2.98. The minimum Gasteiger partial charge on any atom is -0.395 e. The molecule has 3 nitrogen and oxygen atoms in total. The second-order valence-corrected chi connectivity index (χ2v) is 5.73. The molecule has 1 aliphatic rings. The number of benzene rings is 1. The van der Waals surface area contributed by atoms with Crippen LogP contribution < -0.4 is 10.2 Å². The Kier molecular flexibility index (Phi) is 4.83. The van der Waals surface area contributed by atoms with Crippen molar-refractivity contribution in [3.05, 3.63) is 29.3 Å². The molecular formula is C16H26N2O. The molecule has 106 valence electrons. The van der Waals surface area contributed by atoms with Gasteiger partial charge >= 0.3 is 0 Å². The zero-order valence-corrected chi connectivity index (χ0v) is 12.3. The number of aryl methyl sites for hydroxylation is 2. The van der Waals surface area contributed by atoms with Crippen LogP contribution in [0.3, 0.4) is 0 Å². The SMILES string of the molecule is CCc1cccc(C)c1N1CC(C)CNC(CO)C1. The van der Waals surface area contributed by atoms with Gasteiger partial charge in [-0.3, -0.25) is 0 Å².